The van der Waals surface area contributed by atoms with Crippen LogP contribution in [0, 0.1) is 17.8 Å². The summed E-state index contributed by atoms with van der Waals surface area (Å²) < 4.78 is 40.7. The van der Waals surface area contributed by atoms with Crippen LogP contribution in [0.3, 0.4) is 0 Å². The second kappa shape index (κ2) is 7.46. The Morgan fingerprint density at radius 2 is 1.55 bits per heavy atom. The van der Waals surface area contributed by atoms with E-state index in [0.717, 1.165) is 31.8 Å². The molecule has 0 bridgehead atoms. The molecule has 2 aliphatic rings. The van der Waals surface area contributed by atoms with E-state index >= 15 is 0 Å². The van der Waals surface area contributed by atoms with Gasteiger partial charge in [0.25, 0.3) is 11.5 Å². The predicted molar refractivity (Wildman–Crippen MR) is 102 cm³/mol. The zero-order valence-corrected chi connectivity index (χ0v) is 15.8. The van der Waals surface area contributed by atoms with Gasteiger partial charge >= 0.3 is 6.18 Å². The second-order valence-electron chi connectivity index (χ2n) is 7.96. The quantitative estimate of drug-likeness (QED) is 0.779. The monoisotopic (exact) mass is 404 g/mol. The number of likely N-dealkylation sites (tertiary alicyclic amines) is 1. The number of rotatable bonds is 6. The molecule has 2 N–H and O–H groups in total. The molecular formula is C22H23F3N2O2. The Labute approximate surface area is 167 Å². The van der Waals surface area contributed by atoms with Crippen molar-refractivity contribution >= 4 is 5.91 Å². The third-order valence-electron chi connectivity index (χ3n) is 6.12. The molecule has 3 atom stereocenters. The van der Waals surface area contributed by atoms with Crippen LogP contribution in [0.25, 0.3) is 0 Å². The van der Waals surface area contributed by atoms with E-state index in [1.165, 1.54) is 23.8 Å². The van der Waals surface area contributed by atoms with E-state index in [1.807, 2.05) is 18.2 Å². The molecule has 1 aliphatic carbocycles. The summed E-state index contributed by atoms with van der Waals surface area (Å²) in [5, 5.41) is 12.6. The lowest BCUT2D eigenvalue weighted by molar-refractivity contribution is -0.257. The van der Waals surface area contributed by atoms with Crippen LogP contribution in [0.1, 0.15) is 11.1 Å². The maximum absolute atomic E-state index is 13.6. The average Bonchev–Trinajstić information content (AvgIpc) is 3.16. The topological polar surface area (TPSA) is 52.6 Å². The van der Waals surface area contributed by atoms with Gasteiger partial charge in [-0.05, 0) is 23.3 Å². The van der Waals surface area contributed by atoms with Crippen molar-refractivity contribution in [2.24, 2.45) is 17.8 Å². The number of nitrogens with one attached hydrogen (secondary N) is 1. The largest absolute Gasteiger partial charge is 0.430 e. The molecule has 0 aromatic heterocycles. The normalized spacial score (nSPS) is 25.9. The minimum absolute atomic E-state index is 0.151. The molecule has 3 unspecified atom stereocenters. The Kier molecular flexibility index (Phi) is 5.12. The first-order chi connectivity index (χ1) is 13.8. The van der Waals surface area contributed by atoms with Crippen molar-refractivity contribution in [1.82, 2.24) is 10.2 Å². The van der Waals surface area contributed by atoms with Gasteiger partial charge in [-0.25, -0.2) is 0 Å². The van der Waals surface area contributed by atoms with Crippen molar-refractivity contribution in [3.63, 3.8) is 0 Å². The molecule has 2 aromatic rings. The van der Waals surface area contributed by atoms with Gasteiger partial charge in [0.05, 0.1) is 0 Å². The van der Waals surface area contributed by atoms with E-state index in [1.54, 1.807) is 0 Å². The van der Waals surface area contributed by atoms with Gasteiger partial charge in [0.2, 0.25) is 0 Å². The summed E-state index contributed by atoms with van der Waals surface area (Å²) in [4.78, 5) is 14.7. The highest BCUT2D eigenvalue weighted by atomic mass is 19.4. The highest BCUT2D eigenvalue weighted by Gasteiger charge is 2.61. The standard InChI is InChI=1S/C22H23F3N2O2/c23-22(24,25)21(29,16-9-5-2-6-10-16)20(28)26-11-17-18-13-27(14-19(17)18)12-15-7-3-1-4-8-15/h1-10,17-19,29H,11-14H2,(H,26,28). The van der Waals surface area contributed by atoms with Crippen molar-refractivity contribution in [3.05, 3.63) is 71.8 Å². The number of amides is 1. The molecule has 1 saturated heterocycles. The van der Waals surface area contributed by atoms with Crippen molar-refractivity contribution in [3.8, 4) is 0 Å². The predicted octanol–water partition coefficient (Wildman–Crippen LogP) is 2.93. The van der Waals surface area contributed by atoms with Crippen LogP contribution in [-0.4, -0.2) is 41.7 Å². The highest BCUT2D eigenvalue weighted by molar-refractivity contribution is 5.87. The Bertz CT molecular complexity index is 847. The molecule has 2 aromatic carbocycles. The Morgan fingerprint density at radius 3 is 2.10 bits per heavy atom. The zero-order valence-electron chi connectivity index (χ0n) is 15.8. The minimum Gasteiger partial charge on any atom is -0.369 e. The Morgan fingerprint density at radius 1 is 1.00 bits per heavy atom. The third kappa shape index (κ3) is 3.76. The van der Waals surface area contributed by atoms with Gasteiger partial charge in [0.15, 0.2) is 0 Å². The van der Waals surface area contributed by atoms with E-state index in [0.29, 0.717) is 11.8 Å². The fourth-order valence-corrected chi connectivity index (χ4v) is 4.45. The van der Waals surface area contributed by atoms with Crippen LogP contribution in [0.2, 0.25) is 0 Å². The van der Waals surface area contributed by atoms with Gasteiger partial charge in [-0.15, -0.1) is 0 Å². The number of aliphatic hydroxyl groups is 1. The average molecular weight is 404 g/mol. The van der Waals surface area contributed by atoms with Crippen LogP contribution >= 0.6 is 0 Å². The number of hydrogen-bond donors (Lipinski definition) is 2. The summed E-state index contributed by atoms with van der Waals surface area (Å²) in [5.41, 5.74) is -2.79. The summed E-state index contributed by atoms with van der Waals surface area (Å²) in [7, 11) is 0. The fourth-order valence-electron chi connectivity index (χ4n) is 4.45. The van der Waals surface area contributed by atoms with Crippen molar-refractivity contribution in [2.45, 2.75) is 18.3 Å². The first kappa shape index (κ1) is 19.9. The number of halogens is 3. The van der Waals surface area contributed by atoms with E-state index in [-0.39, 0.29) is 12.5 Å². The highest BCUT2D eigenvalue weighted by Crippen LogP contribution is 2.51. The molecule has 1 saturated carbocycles. The molecule has 154 valence electrons. The van der Waals surface area contributed by atoms with Gasteiger partial charge < -0.3 is 10.4 Å². The molecule has 1 amide bonds. The number of carbonyl (C=O) groups is 1. The lowest BCUT2D eigenvalue weighted by Gasteiger charge is -2.29. The van der Waals surface area contributed by atoms with E-state index < -0.39 is 23.2 Å². The molecule has 0 radical (unpaired) electrons. The number of hydrogen-bond acceptors (Lipinski definition) is 3. The number of piperidine rings is 1. The van der Waals surface area contributed by atoms with Crippen LogP contribution in [-0.2, 0) is 16.9 Å². The van der Waals surface area contributed by atoms with Gasteiger partial charge in [0.1, 0.15) is 0 Å². The summed E-state index contributed by atoms with van der Waals surface area (Å²) in [5.74, 6) is -0.481. The summed E-state index contributed by atoms with van der Waals surface area (Å²) >= 11 is 0. The minimum atomic E-state index is -5.11. The maximum atomic E-state index is 13.6. The Balaban J connectivity index is 1.33. The summed E-state index contributed by atoms with van der Waals surface area (Å²) in [6, 6.07) is 16.6. The number of fused-ring (bicyclic) bond motifs is 1. The number of carbonyl (C=O) groups excluding carboxylic acids is 1. The molecule has 29 heavy (non-hydrogen) atoms. The molecule has 7 heteroatoms. The van der Waals surface area contributed by atoms with Crippen molar-refractivity contribution in [1.29, 1.82) is 0 Å². The number of benzene rings is 2. The molecule has 4 nitrogen and oxygen atoms in total. The van der Waals surface area contributed by atoms with Crippen molar-refractivity contribution < 1.29 is 23.1 Å². The molecule has 2 fully saturated rings. The molecule has 1 aliphatic heterocycles. The zero-order chi connectivity index (χ0) is 20.6. The van der Waals surface area contributed by atoms with Crippen LogP contribution in [0.4, 0.5) is 13.2 Å². The van der Waals surface area contributed by atoms with Crippen LogP contribution in [0.5, 0.6) is 0 Å². The van der Waals surface area contributed by atoms with Gasteiger partial charge in [0, 0.05) is 31.7 Å². The van der Waals surface area contributed by atoms with Crippen LogP contribution < -0.4 is 5.32 Å². The Hall–Kier alpha value is -2.38. The summed E-state index contributed by atoms with van der Waals surface area (Å²) in [6.45, 7) is 2.76. The van der Waals surface area contributed by atoms with E-state index in [2.05, 4.69) is 22.3 Å². The fraction of sp³-hybridized carbons (Fsp3) is 0.409. The summed E-state index contributed by atoms with van der Waals surface area (Å²) in [6.07, 6.45) is -5.11. The lowest BCUT2D eigenvalue weighted by Crippen LogP contribution is -2.54. The first-order valence-electron chi connectivity index (χ1n) is 9.70. The maximum Gasteiger partial charge on any atom is 0.430 e. The SMILES string of the molecule is O=C(NCC1C2CN(Cc3ccccc3)CC12)C(O)(c1ccccc1)C(F)(F)F. The second-order valence-corrected chi connectivity index (χ2v) is 7.96. The van der Waals surface area contributed by atoms with E-state index in [4.69, 9.17) is 0 Å². The number of alkyl halides is 3. The third-order valence-corrected chi connectivity index (χ3v) is 6.12. The van der Waals surface area contributed by atoms with E-state index in [9.17, 15) is 23.1 Å². The van der Waals surface area contributed by atoms with Crippen LogP contribution in [0.15, 0.2) is 60.7 Å². The smallest absolute Gasteiger partial charge is 0.369 e. The van der Waals surface area contributed by atoms with Crippen molar-refractivity contribution in [2.75, 3.05) is 19.6 Å². The molecular weight excluding hydrogens is 381 g/mol. The number of nitrogens with zero attached hydrogens (tertiary/aromatic N) is 1. The first-order valence-corrected chi connectivity index (χ1v) is 9.70. The molecule has 0 spiro atoms. The molecule has 1 heterocycles. The van der Waals surface area contributed by atoms with Gasteiger partial charge in [-0.3, -0.25) is 9.69 Å². The molecule has 4 rings (SSSR count). The van der Waals surface area contributed by atoms with Gasteiger partial charge in [-0.2, -0.15) is 13.2 Å². The lowest BCUT2D eigenvalue weighted by atomic mass is 9.92. The van der Waals surface area contributed by atoms with Gasteiger partial charge in [-0.1, -0.05) is 60.7 Å².